The minimum absolute atomic E-state index is 0.250. The van der Waals surface area contributed by atoms with E-state index in [0.717, 1.165) is 12.2 Å². The van der Waals surface area contributed by atoms with Gasteiger partial charge in [0.2, 0.25) is 0 Å². The van der Waals surface area contributed by atoms with Crippen LogP contribution in [0.1, 0.15) is 16.2 Å². The molecule has 9 nitrogen and oxygen atoms in total. The van der Waals surface area contributed by atoms with Gasteiger partial charge in [-0.2, -0.15) is 0 Å². The molecule has 0 saturated carbocycles. The molecule has 1 amide bonds. The van der Waals surface area contributed by atoms with E-state index in [9.17, 15) is 4.79 Å². The Labute approximate surface area is 151 Å². The standard InChI is InChI=1S/C17H23N5O4/c1-12-16(17(23)19-6-5-18-7-8-24-2)20-21-22(12)13-3-4-14-15(11-13)26-10-9-25-14/h3-4,11,18H,5-10H2,1-2H3,(H,19,23). The van der Waals surface area contributed by atoms with Crippen molar-refractivity contribution in [3.05, 3.63) is 29.6 Å². The summed E-state index contributed by atoms with van der Waals surface area (Å²) in [6.07, 6.45) is 0. The second-order valence-corrected chi connectivity index (χ2v) is 5.76. The summed E-state index contributed by atoms with van der Waals surface area (Å²) in [6, 6.07) is 5.52. The molecule has 26 heavy (non-hydrogen) atoms. The van der Waals surface area contributed by atoms with Gasteiger partial charge in [-0.15, -0.1) is 5.10 Å². The van der Waals surface area contributed by atoms with Crippen molar-refractivity contribution in [1.29, 1.82) is 0 Å². The van der Waals surface area contributed by atoms with Gasteiger partial charge in [0.15, 0.2) is 17.2 Å². The highest BCUT2D eigenvalue weighted by molar-refractivity contribution is 5.93. The Hall–Kier alpha value is -2.65. The number of carbonyl (C=O) groups is 1. The van der Waals surface area contributed by atoms with E-state index in [2.05, 4.69) is 20.9 Å². The Balaban J connectivity index is 1.63. The third-order valence-corrected chi connectivity index (χ3v) is 3.95. The zero-order chi connectivity index (χ0) is 18.4. The van der Waals surface area contributed by atoms with E-state index in [-0.39, 0.29) is 5.91 Å². The van der Waals surface area contributed by atoms with Gasteiger partial charge in [-0.1, -0.05) is 5.21 Å². The summed E-state index contributed by atoms with van der Waals surface area (Å²) in [7, 11) is 1.65. The normalized spacial score (nSPS) is 12.8. The maximum atomic E-state index is 12.3. The van der Waals surface area contributed by atoms with Crippen LogP contribution >= 0.6 is 0 Å². The number of nitrogens with one attached hydrogen (secondary N) is 2. The first-order valence-electron chi connectivity index (χ1n) is 8.51. The van der Waals surface area contributed by atoms with Gasteiger partial charge in [-0.25, -0.2) is 4.68 Å². The van der Waals surface area contributed by atoms with Gasteiger partial charge in [0, 0.05) is 32.8 Å². The SMILES string of the molecule is COCCNCCNC(=O)c1nnn(-c2ccc3c(c2)OCCO3)c1C. The molecule has 0 atom stereocenters. The lowest BCUT2D eigenvalue weighted by Crippen LogP contribution is -2.33. The number of carbonyl (C=O) groups excluding carboxylic acids is 1. The number of benzene rings is 1. The number of methoxy groups -OCH3 is 1. The number of hydrogen-bond donors (Lipinski definition) is 2. The summed E-state index contributed by atoms with van der Waals surface area (Å²) in [5, 5.41) is 14.1. The van der Waals surface area contributed by atoms with Crippen molar-refractivity contribution in [2.24, 2.45) is 0 Å². The minimum Gasteiger partial charge on any atom is -0.486 e. The highest BCUT2D eigenvalue weighted by atomic mass is 16.6. The number of amides is 1. The smallest absolute Gasteiger partial charge is 0.273 e. The van der Waals surface area contributed by atoms with Crippen molar-refractivity contribution in [2.45, 2.75) is 6.92 Å². The molecule has 0 radical (unpaired) electrons. The van der Waals surface area contributed by atoms with Crippen LogP contribution in [0.15, 0.2) is 18.2 Å². The van der Waals surface area contributed by atoms with E-state index in [1.165, 1.54) is 0 Å². The first kappa shape index (κ1) is 18.2. The molecule has 1 aliphatic heterocycles. The number of nitrogens with zero attached hydrogens (tertiary/aromatic N) is 3. The van der Waals surface area contributed by atoms with Crippen molar-refractivity contribution in [1.82, 2.24) is 25.6 Å². The fourth-order valence-corrected chi connectivity index (χ4v) is 2.60. The van der Waals surface area contributed by atoms with Gasteiger partial charge in [0.25, 0.3) is 5.91 Å². The summed E-state index contributed by atoms with van der Waals surface area (Å²) in [5.41, 5.74) is 1.72. The van der Waals surface area contributed by atoms with Crippen molar-refractivity contribution in [2.75, 3.05) is 46.6 Å². The molecular formula is C17H23N5O4. The Morgan fingerprint density at radius 3 is 2.85 bits per heavy atom. The molecule has 0 aliphatic carbocycles. The molecular weight excluding hydrogens is 338 g/mol. The fraction of sp³-hybridized carbons (Fsp3) is 0.471. The summed E-state index contributed by atoms with van der Waals surface area (Å²) < 4.78 is 17.7. The van der Waals surface area contributed by atoms with Crippen LogP contribution in [-0.2, 0) is 4.74 Å². The van der Waals surface area contributed by atoms with Crippen LogP contribution < -0.4 is 20.1 Å². The van der Waals surface area contributed by atoms with E-state index in [4.69, 9.17) is 14.2 Å². The van der Waals surface area contributed by atoms with Crippen LogP contribution in [0.5, 0.6) is 11.5 Å². The predicted octanol–water partition coefficient (Wildman–Crippen LogP) is 0.313. The highest BCUT2D eigenvalue weighted by Crippen LogP contribution is 2.32. The number of ether oxygens (including phenoxy) is 3. The van der Waals surface area contributed by atoms with Crippen LogP contribution in [0, 0.1) is 6.92 Å². The molecule has 2 heterocycles. The van der Waals surface area contributed by atoms with E-state index in [1.54, 1.807) is 11.8 Å². The lowest BCUT2D eigenvalue weighted by molar-refractivity contribution is 0.0948. The molecule has 0 unspecified atom stereocenters. The maximum Gasteiger partial charge on any atom is 0.273 e. The summed E-state index contributed by atoms with van der Waals surface area (Å²) in [5.74, 6) is 1.12. The lowest BCUT2D eigenvalue weighted by atomic mass is 10.2. The highest BCUT2D eigenvalue weighted by Gasteiger charge is 2.19. The van der Waals surface area contributed by atoms with E-state index in [1.807, 2.05) is 25.1 Å². The molecule has 1 aliphatic rings. The van der Waals surface area contributed by atoms with Gasteiger partial charge >= 0.3 is 0 Å². The third kappa shape index (κ3) is 4.12. The number of aromatic nitrogens is 3. The zero-order valence-electron chi connectivity index (χ0n) is 14.9. The fourth-order valence-electron chi connectivity index (χ4n) is 2.60. The average molecular weight is 361 g/mol. The Bertz CT molecular complexity index is 762. The zero-order valence-corrected chi connectivity index (χ0v) is 14.9. The van der Waals surface area contributed by atoms with Crippen molar-refractivity contribution >= 4 is 5.91 Å². The van der Waals surface area contributed by atoms with Crippen molar-refractivity contribution in [3.8, 4) is 17.2 Å². The summed E-state index contributed by atoms with van der Waals surface area (Å²) >= 11 is 0. The first-order valence-corrected chi connectivity index (χ1v) is 8.51. The second kappa shape index (κ2) is 8.63. The molecule has 140 valence electrons. The van der Waals surface area contributed by atoms with Gasteiger partial charge in [-0.3, -0.25) is 4.79 Å². The molecule has 0 spiro atoms. The van der Waals surface area contributed by atoms with Gasteiger partial charge in [-0.05, 0) is 19.1 Å². The summed E-state index contributed by atoms with van der Waals surface area (Å²) in [4.78, 5) is 12.3. The average Bonchev–Trinajstić information content (AvgIpc) is 3.05. The van der Waals surface area contributed by atoms with Gasteiger partial charge in [0.1, 0.15) is 13.2 Å². The Morgan fingerprint density at radius 2 is 2.04 bits per heavy atom. The van der Waals surface area contributed by atoms with E-state index < -0.39 is 0 Å². The molecule has 3 rings (SSSR count). The van der Waals surface area contributed by atoms with Crippen LogP contribution in [0.4, 0.5) is 0 Å². The molecule has 2 aromatic rings. The van der Waals surface area contributed by atoms with Gasteiger partial charge < -0.3 is 24.8 Å². The summed E-state index contributed by atoms with van der Waals surface area (Å²) in [6.45, 7) is 5.40. The molecule has 9 heteroatoms. The first-order chi connectivity index (χ1) is 12.7. The largest absolute Gasteiger partial charge is 0.486 e. The molecule has 2 N–H and O–H groups in total. The topological polar surface area (TPSA) is 99.5 Å². The predicted molar refractivity (Wildman–Crippen MR) is 94.2 cm³/mol. The molecule has 1 aromatic heterocycles. The molecule has 1 aromatic carbocycles. The number of hydrogen-bond acceptors (Lipinski definition) is 7. The monoisotopic (exact) mass is 361 g/mol. The second-order valence-electron chi connectivity index (χ2n) is 5.76. The van der Waals surface area contributed by atoms with Crippen molar-refractivity contribution < 1.29 is 19.0 Å². The minimum atomic E-state index is -0.250. The maximum absolute atomic E-state index is 12.3. The number of fused-ring (bicyclic) bond motifs is 1. The van der Waals surface area contributed by atoms with Crippen LogP contribution in [0.2, 0.25) is 0 Å². The Morgan fingerprint density at radius 1 is 1.23 bits per heavy atom. The Kier molecular flexibility index (Phi) is 6.03. The van der Waals surface area contributed by atoms with Crippen molar-refractivity contribution in [3.63, 3.8) is 0 Å². The van der Waals surface area contributed by atoms with Gasteiger partial charge in [0.05, 0.1) is 18.0 Å². The van der Waals surface area contributed by atoms with Crippen LogP contribution in [0.25, 0.3) is 5.69 Å². The quantitative estimate of drug-likeness (QED) is 0.653. The van der Waals surface area contributed by atoms with E-state index >= 15 is 0 Å². The number of rotatable bonds is 8. The van der Waals surface area contributed by atoms with E-state index in [0.29, 0.717) is 55.8 Å². The third-order valence-electron chi connectivity index (χ3n) is 3.95. The molecule has 0 saturated heterocycles. The molecule has 0 bridgehead atoms. The molecule has 0 fully saturated rings. The van der Waals surface area contributed by atoms with Crippen LogP contribution in [0.3, 0.4) is 0 Å². The lowest BCUT2D eigenvalue weighted by Gasteiger charge is -2.18. The van der Waals surface area contributed by atoms with Crippen LogP contribution in [-0.4, -0.2) is 67.5 Å².